The maximum atomic E-state index is 13.5. The molecule has 0 fully saturated rings. The van der Waals surface area contributed by atoms with Gasteiger partial charge in [-0.3, -0.25) is 10.2 Å². The second-order valence-electron chi connectivity index (χ2n) is 5.38. The molecular weight excluding hydrogens is 342 g/mol. The molecule has 3 N–H and O–H groups in total. The van der Waals surface area contributed by atoms with Crippen LogP contribution >= 0.6 is 0 Å². The lowest BCUT2D eigenvalue weighted by Gasteiger charge is -2.21. The highest BCUT2D eigenvalue weighted by atomic mass is 19.1. The third kappa shape index (κ3) is 4.92. The summed E-state index contributed by atoms with van der Waals surface area (Å²) in [6, 6.07) is 8.79. The number of benzene rings is 2. The molecule has 6 nitrogen and oxygen atoms in total. The number of rotatable bonds is 5. The fourth-order valence-corrected chi connectivity index (χ4v) is 2.34. The van der Waals surface area contributed by atoms with Crippen LogP contribution < -0.4 is 21.1 Å². The Morgan fingerprint density at radius 2 is 1.62 bits per heavy atom. The number of nitrogens with zero attached hydrogens (tertiary/aromatic N) is 1. The Kier molecular flexibility index (Phi) is 6.48. The maximum absolute atomic E-state index is 13.5. The van der Waals surface area contributed by atoms with E-state index in [9.17, 15) is 18.4 Å². The van der Waals surface area contributed by atoms with Crippen LogP contribution in [0.15, 0.2) is 42.5 Å². The molecule has 3 amide bonds. The fourth-order valence-electron chi connectivity index (χ4n) is 2.34. The zero-order valence-electron chi connectivity index (χ0n) is 14.5. The van der Waals surface area contributed by atoms with Crippen molar-refractivity contribution in [3.05, 3.63) is 59.7 Å². The lowest BCUT2D eigenvalue weighted by atomic mass is 10.2. The summed E-state index contributed by atoms with van der Waals surface area (Å²) in [5.41, 5.74) is 5.46. The van der Waals surface area contributed by atoms with Crippen LogP contribution in [-0.4, -0.2) is 25.0 Å². The molecule has 0 unspecified atom stereocenters. The van der Waals surface area contributed by atoms with Gasteiger partial charge in [0.05, 0.1) is 5.69 Å². The van der Waals surface area contributed by atoms with E-state index in [4.69, 9.17) is 0 Å². The Morgan fingerprint density at radius 3 is 2.19 bits per heavy atom. The number of hydrogen-bond donors (Lipinski definition) is 3. The second kappa shape index (κ2) is 8.80. The van der Waals surface area contributed by atoms with E-state index in [-0.39, 0.29) is 5.69 Å². The minimum atomic E-state index is -0.918. The molecule has 0 radical (unpaired) electrons. The van der Waals surface area contributed by atoms with E-state index in [0.717, 1.165) is 30.9 Å². The van der Waals surface area contributed by atoms with Crippen LogP contribution in [-0.2, 0) is 0 Å². The number of carbonyl (C=O) groups excluding carboxylic acids is 2. The molecule has 0 saturated carbocycles. The molecule has 0 spiro atoms. The molecule has 26 heavy (non-hydrogen) atoms. The van der Waals surface area contributed by atoms with E-state index in [1.165, 1.54) is 0 Å². The summed E-state index contributed by atoms with van der Waals surface area (Å²) in [4.78, 5) is 25.9. The van der Waals surface area contributed by atoms with E-state index < -0.39 is 23.6 Å². The standard InChI is InChI=1S/C18H20F2N4O2/c1-3-24(4-2)14-8-5-12(6-9-14)17(25)22-23-18(26)21-16-10-7-13(19)11-15(16)20/h5-11H,3-4H2,1-2H3,(H,22,25)(H2,21,23,26). The maximum Gasteiger partial charge on any atom is 0.338 e. The van der Waals surface area contributed by atoms with Crippen LogP contribution in [0.2, 0.25) is 0 Å². The molecule has 0 atom stereocenters. The first-order valence-corrected chi connectivity index (χ1v) is 8.12. The number of amides is 3. The molecule has 0 aliphatic rings. The van der Waals surface area contributed by atoms with Gasteiger partial charge in [0.25, 0.3) is 5.91 Å². The number of anilines is 2. The van der Waals surface area contributed by atoms with Gasteiger partial charge in [0.2, 0.25) is 0 Å². The van der Waals surface area contributed by atoms with Crippen molar-refractivity contribution in [2.45, 2.75) is 13.8 Å². The summed E-state index contributed by atoms with van der Waals surface area (Å²) in [6.07, 6.45) is 0. The van der Waals surface area contributed by atoms with Gasteiger partial charge in [-0.05, 0) is 50.2 Å². The molecule has 8 heteroatoms. The molecule has 0 aromatic heterocycles. The normalized spacial score (nSPS) is 10.2. The summed E-state index contributed by atoms with van der Waals surface area (Å²) in [5.74, 6) is -2.20. The van der Waals surface area contributed by atoms with Crippen molar-refractivity contribution >= 4 is 23.3 Å². The van der Waals surface area contributed by atoms with Crippen LogP contribution in [0.4, 0.5) is 25.0 Å². The quantitative estimate of drug-likeness (QED) is 0.715. The average molecular weight is 362 g/mol. The summed E-state index contributed by atoms with van der Waals surface area (Å²) in [7, 11) is 0. The molecule has 0 saturated heterocycles. The van der Waals surface area contributed by atoms with Crippen LogP contribution in [0.25, 0.3) is 0 Å². The van der Waals surface area contributed by atoms with Gasteiger partial charge < -0.3 is 10.2 Å². The van der Waals surface area contributed by atoms with Gasteiger partial charge in [-0.1, -0.05) is 0 Å². The number of hydrazine groups is 1. The van der Waals surface area contributed by atoms with Crippen molar-refractivity contribution in [3.63, 3.8) is 0 Å². The predicted molar refractivity (Wildman–Crippen MR) is 96.0 cm³/mol. The highest BCUT2D eigenvalue weighted by Gasteiger charge is 2.10. The number of urea groups is 1. The molecule has 2 aromatic carbocycles. The Hall–Kier alpha value is -3.16. The van der Waals surface area contributed by atoms with E-state index in [1.54, 1.807) is 12.1 Å². The van der Waals surface area contributed by atoms with Gasteiger partial charge in [0.15, 0.2) is 0 Å². The van der Waals surface area contributed by atoms with E-state index in [2.05, 4.69) is 21.1 Å². The van der Waals surface area contributed by atoms with Gasteiger partial charge >= 0.3 is 6.03 Å². The molecule has 2 aromatic rings. The lowest BCUT2D eigenvalue weighted by Crippen LogP contribution is -2.44. The van der Waals surface area contributed by atoms with Gasteiger partial charge in [-0.25, -0.2) is 19.0 Å². The molecule has 0 aliphatic heterocycles. The highest BCUT2D eigenvalue weighted by Crippen LogP contribution is 2.15. The van der Waals surface area contributed by atoms with Crippen molar-refractivity contribution in [2.24, 2.45) is 0 Å². The first-order chi connectivity index (χ1) is 12.4. The van der Waals surface area contributed by atoms with Gasteiger partial charge in [-0.15, -0.1) is 0 Å². The third-order valence-corrected chi connectivity index (χ3v) is 3.73. The van der Waals surface area contributed by atoms with Crippen molar-refractivity contribution in [1.29, 1.82) is 0 Å². The summed E-state index contributed by atoms with van der Waals surface area (Å²) >= 11 is 0. The Bertz CT molecular complexity index is 777. The Balaban J connectivity index is 1.90. The first-order valence-electron chi connectivity index (χ1n) is 8.12. The topological polar surface area (TPSA) is 73.5 Å². The molecule has 138 valence electrons. The molecular formula is C18H20F2N4O2. The van der Waals surface area contributed by atoms with Crippen LogP contribution in [0.5, 0.6) is 0 Å². The zero-order chi connectivity index (χ0) is 19.1. The summed E-state index contributed by atoms with van der Waals surface area (Å²) < 4.78 is 26.3. The first kappa shape index (κ1) is 19.2. The Morgan fingerprint density at radius 1 is 0.962 bits per heavy atom. The van der Waals surface area contributed by atoms with Crippen molar-refractivity contribution in [2.75, 3.05) is 23.3 Å². The number of carbonyl (C=O) groups is 2. The number of halogens is 2. The lowest BCUT2D eigenvalue weighted by molar-refractivity contribution is 0.0938. The third-order valence-electron chi connectivity index (χ3n) is 3.73. The number of nitrogens with one attached hydrogen (secondary N) is 3. The minimum Gasteiger partial charge on any atom is -0.372 e. The molecule has 0 bridgehead atoms. The van der Waals surface area contributed by atoms with E-state index >= 15 is 0 Å². The molecule has 2 rings (SSSR count). The zero-order valence-corrected chi connectivity index (χ0v) is 14.5. The van der Waals surface area contributed by atoms with Gasteiger partial charge in [-0.2, -0.15) is 0 Å². The van der Waals surface area contributed by atoms with Crippen molar-refractivity contribution in [3.8, 4) is 0 Å². The average Bonchev–Trinajstić information content (AvgIpc) is 2.63. The SMILES string of the molecule is CCN(CC)c1ccc(C(=O)NNC(=O)Nc2ccc(F)cc2F)cc1. The van der Waals surface area contributed by atoms with Gasteiger partial charge in [0.1, 0.15) is 11.6 Å². The van der Waals surface area contributed by atoms with Crippen LogP contribution in [0, 0.1) is 11.6 Å². The summed E-state index contributed by atoms with van der Waals surface area (Å²) in [6.45, 7) is 5.78. The van der Waals surface area contributed by atoms with Crippen molar-refractivity contribution < 1.29 is 18.4 Å². The fraction of sp³-hybridized carbons (Fsp3) is 0.222. The van der Waals surface area contributed by atoms with E-state index in [0.29, 0.717) is 11.6 Å². The molecule has 0 heterocycles. The van der Waals surface area contributed by atoms with Gasteiger partial charge in [0, 0.05) is 30.4 Å². The summed E-state index contributed by atoms with van der Waals surface area (Å²) in [5, 5.41) is 2.17. The Labute approximate surface area is 150 Å². The van der Waals surface area contributed by atoms with E-state index in [1.807, 2.05) is 26.0 Å². The van der Waals surface area contributed by atoms with Crippen LogP contribution in [0.3, 0.4) is 0 Å². The largest absolute Gasteiger partial charge is 0.372 e. The second-order valence-corrected chi connectivity index (χ2v) is 5.38. The van der Waals surface area contributed by atoms with Crippen molar-refractivity contribution in [1.82, 2.24) is 10.9 Å². The monoisotopic (exact) mass is 362 g/mol. The van der Waals surface area contributed by atoms with Crippen LogP contribution in [0.1, 0.15) is 24.2 Å². The molecule has 0 aliphatic carbocycles. The number of hydrogen-bond acceptors (Lipinski definition) is 3. The minimum absolute atomic E-state index is 0.207. The highest BCUT2D eigenvalue weighted by molar-refractivity contribution is 5.97. The smallest absolute Gasteiger partial charge is 0.338 e. The predicted octanol–water partition coefficient (Wildman–Crippen LogP) is 3.28.